The summed E-state index contributed by atoms with van der Waals surface area (Å²) in [6.45, 7) is 11.5. The monoisotopic (exact) mass is 326 g/mol. The quantitative estimate of drug-likeness (QED) is 0.453. The lowest BCUT2D eigenvalue weighted by atomic mass is 9.93. The Kier molecular flexibility index (Phi) is 6.89. The second-order valence-electron chi connectivity index (χ2n) is 7.32. The van der Waals surface area contributed by atoms with Crippen molar-refractivity contribution >= 4 is 14.7 Å². The minimum Gasteiger partial charge on any atom is -0.0775 e. The van der Waals surface area contributed by atoms with E-state index in [0.29, 0.717) is 0 Å². The van der Waals surface area contributed by atoms with Crippen LogP contribution in [0, 0.1) is 26.7 Å². The van der Waals surface area contributed by atoms with E-state index >= 15 is 0 Å². The highest BCUT2D eigenvalue weighted by molar-refractivity contribution is 6.63. The Labute approximate surface area is 145 Å². The second-order valence-corrected chi connectivity index (χ2v) is 9.14. The van der Waals surface area contributed by atoms with Gasteiger partial charge in [-0.05, 0) is 39.5 Å². The summed E-state index contributed by atoms with van der Waals surface area (Å²) in [4.78, 5) is 0. The first kappa shape index (κ1) is 18.3. The number of unbranched alkanes of at least 4 members (excludes halogenated alkanes) is 2. The first-order valence-corrected chi connectivity index (χ1v) is 10.9. The minimum absolute atomic E-state index is 0.344. The molecule has 0 bridgehead atoms. The molecule has 1 aromatic carbocycles. The Bertz CT molecular complexity index is 569. The molecule has 0 aliphatic heterocycles. The Morgan fingerprint density at radius 2 is 1.65 bits per heavy atom. The average Bonchev–Trinajstić information content (AvgIpc) is 2.86. The summed E-state index contributed by atoms with van der Waals surface area (Å²) in [7, 11) is -0.344. The molecule has 0 amide bonds. The summed E-state index contributed by atoms with van der Waals surface area (Å²) in [5.41, 5.74) is 6.22. The van der Waals surface area contributed by atoms with E-state index in [2.05, 4.69) is 58.9 Å². The van der Waals surface area contributed by atoms with Crippen molar-refractivity contribution in [1.82, 2.24) is 0 Å². The van der Waals surface area contributed by atoms with Gasteiger partial charge in [-0.2, -0.15) is 0 Å². The Morgan fingerprint density at radius 1 is 0.957 bits per heavy atom. The largest absolute Gasteiger partial charge is 0.0881 e. The zero-order chi connectivity index (χ0) is 16.8. The molecule has 0 radical (unpaired) electrons. The van der Waals surface area contributed by atoms with Gasteiger partial charge in [0, 0.05) is 0 Å². The minimum atomic E-state index is -0.344. The number of allylic oxidation sites excluding steroid dienone is 4. The zero-order valence-corrected chi connectivity index (χ0v) is 17.3. The molecule has 1 aliphatic carbocycles. The first-order valence-electron chi connectivity index (χ1n) is 9.53. The fraction of sp³-hybridized carbons (Fsp3) is 0.545. The molecule has 0 aromatic heterocycles. The van der Waals surface area contributed by atoms with Gasteiger partial charge in [-0.15, -0.1) is 0 Å². The Hall–Kier alpha value is -1.08. The maximum Gasteiger partial charge on any atom is 0.0881 e. The zero-order valence-electron chi connectivity index (χ0n) is 15.8. The molecule has 126 valence electrons. The summed E-state index contributed by atoms with van der Waals surface area (Å²) >= 11 is 0. The van der Waals surface area contributed by atoms with Gasteiger partial charge >= 0.3 is 0 Å². The van der Waals surface area contributed by atoms with Crippen LogP contribution in [0.1, 0.15) is 69.1 Å². The maximum atomic E-state index is 2.52. The van der Waals surface area contributed by atoms with Gasteiger partial charge < -0.3 is 0 Å². The van der Waals surface area contributed by atoms with Crippen LogP contribution < -0.4 is 5.19 Å². The molecule has 2 rings (SSSR count). The third kappa shape index (κ3) is 4.70. The Balaban J connectivity index is 2.20. The summed E-state index contributed by atoms with van der Waals surface area (Å²) in [6, 6.07) is 4.74. The van der Waals surface area contributed by atoms with Crippen LogP contribution in [0.15, 0.2) is 35.1 Å². The van der Waals surface area contributed by atoms with Crippen LogP contribution in [-0.4, -0.2) is 9.52 Å². The van der Waals surface area contributed by atoms with Crippen LogP contribution in [0.5, 0.6) is 0 Å². The van der Waals surface area contributed by atoms with E-state index in [1.54, 1.807) is 16.0 Å². The van der Waals surface area contributed by atoms with Gasteiger partial charge in [-0.25, -0.2) is 0 Å². The second kappa shape index (κ2) is 8.68. The molecule has 1 unspecified atom stereocenters. The fourth-order valence-corrected chi connectivity index (χ4v) is 6.11. The molecule has 0 saturated heterocycles. The van der Waals surface area contributed by atoms with Crippen LogP contribution >= 0.6 is 0 Å². The summed E-state index contributed by atoms with van der Waals surface area (Å²) in [5.74, 6) is 0.745. The molecule has 0 saturated carbocycles. The molecule has 1 heteroatoms. The molecule has 1 atom stereocenters. The van der Waals surface area contributed by atoms with E-state index in [-0.39, 0.29) is 9.52 Å². The van der Waals surface area contributed by atoms with Crippen LogP contribution in [0.3, 0.4) is 0 Å². The van der Waals surface area contributed by atoms with Crippen molar-refractivity contribution in [2.45, 2.75) is 73.1 Å². The van der Waals surface area contributed by atoms with Gasteiger partial charge in [0.15, 0.2) is 0 Å². The van der Waals surface area contributed by atoms with Crippen molar-refractivity contribution in [3.05, 3.63) is 51.7 Å². The molecule has 1 aliphatic rings. The van der Waals surface area contributed by atoms with Crippen molar-refractivity contribution in [3.63, 3.8) is 0 Å². The molecular formula is C22H34Si. The number of benzene rings is 1. The van der Waals surface area contributed by atoms with Gasteiger partial charge in [-0.3, -0.25) is 0 Å². The van der Waals surface area contributed by atoms with Crippen molar-refractivity contribution in [2.24, 2.45) is 5.92 Å². The molecule has 0 spiro atoms. The van der Waals surface area contributed by atoms with Crippen LogP contribution in [0.25, 0.3) is 0 Å². The molecular weight excluding hydrogens is 292 g/mol. The van der Waals surface area contributed by atoms with E-state index in [0.717, 1.165) is 5.92 Å². The topological polar surface area (TPSA) is 0 Å². The number of aryl methyl sites for hydroxylation is 3. The van der Waals surface area contributed by atoms with Crippen molar-refractivity contribution < 1.29 is 0 Å². The van der Waals surface area contributed by atoms with E-state index in [4.69, 9.17) is 0 Å². The van der Waals surface area contributed by atoms with Crippen LogP contribution in [0.2, 0.25) is 0 Å². The van der Waals surface area contributed by atoms with E-state index in [1.807, 2.05) is 0 Å². The van der Waals surface area contributed by atoms with Gasteiger partial charge in [0.2, 0.25) is 0 Å². The predicted molar refractivity (Wildman–Crippen MR) is 108 cm³/mol. The van der Waals surface area contributed by atoms with Crippen molar-refractivity contribution in [2.75, 3.05) is 0 Å². The Morgan fingerprint density at radius 3 is 2.26 bits per heavy atom. The lowest BCUT2D eigenvalue weighted by molar-refractivity contribution is 0.581. The number of hydrogen-bond donors (Lipinski definition) is 0. The molecule has 0 N–H and O–H groups in total. The highest BCUT2D eigenvalue weighted by Crippen LogP contribution is 2.32. The highest BCUT2D eigenvalue weighted by Gasteiger charge is 2.20. The molecule has 0 heterocycles. The molecule has 0 nitrogen and oxygen atoms in total. The van der Waals surface area contributed by atoms with Crippen LogP contribution in [-0.2, 0) is 0 Å². The van der Waals surface area contributed by atoms with Crippen molar-refractivity contribution in [3.8, 4) is 0 Å². The lowest BCUT2D eigenvalue weighted by Gasteiger charge is -2.17. The normalized spacial score (nSPS) is 17.9. The molecule has 23 heavy (non-hydrogen) atoms. The van der Waals surface area contributed by atoms with E-state index in [1.165, 1.54) is 55.2 Å². The summed E-state index contributed by atoms with van der Waals surface area (Å²) < 4.78 is 0. The predicted octanol–water partition coefficient (Wildman–Crippen LogP) is 5.23. The number of rotatable bonds is 8. The van der Waals surface area contributed by atoms with Gasteiger partial charge in [0.25, 0.3) is 0 Å². The highest BCUT2D eigenvalue weighted by atomic mass is 28.2. The van der Waals surface area contributed by atoms with Crippen molar-refractivity contribution in [1.29, 1.82) is 0 Å². The lowest BCUT2D eigenvalue weighted by Crippen LogP contribution is -2.23. The van der Waals surface area contributed by atoms with Gasteiger partial charge in [-0.1, -0.05) is 96.5 Å². The van der Waals surface area contributed by atoms with E-state index < -0.39 is 0 Å². The summed E-state index contributed by atoms with van der Waals surface area (Å²) in [6.07, 6.45) is 13.1. The fourth-order valence-electron chi connectivity index (χ4n) is 4.05. The third-order valence-corrected chi connectivity index (χ3v) is 7.78. The van der Waals surface area contributed by atoms with Crippen LogP contribution in [0.4, 0.5) is 0 Å². The molecule has 0 fully saturated rings. The first-order chi connectivity index (χ1) is 11.1. The standard InChI is InChI=1S/C22H34Si/c1-6-8-9-11-19-12-13-21(20(19)10-7-2)23-22-17(4)14-16(3)15-18(22)5/h12-15,19H,6-11,23H2,1-5H3. The van der Waals surface area contributed by atoms with Gasteiger partial charge in [0.1, 0.15) is 0 Å². The number of hydrogen-bond acceptors (Lipinski definition) is 0. The average molecular weight is 327 g/mol. The smallest absolute Gasteiger partial charge is 0.0775 e. The van der Waals surface area contributed by atoms with Gasteiger partial charge in [0.05, 0.1) is 9.52 Å². The maximum absolute atomic E-state index is 2.52. The van der Waals surface area contributed by atoms with E-state index in [9.17, 15) is 0 Å². The molecule has 1 aromatic rings. The SMILES string of the molecule is CCCCCC1C=CC([SiH2]c2c(C)cc(C)cc2C)=C1CCC. The third-order valence-electron chi connectivity index (χ3n) is 5.24. The summed E-state index contributed by atoms with van der Waals surface area (Å²) in [5, 5.41) is 3.42.